The third-order valence-electron chi connectivity index (χ3n) is 6.59. The van der Waals surface area contributed by atoms with Gasteiger partial charge in [-0.25, -0.2) is 0 Å². The van der Waals surface area contributed by atoms with Gasteiger partial charge in [0.1, 0.15) is 17.1 Å². The number of carboxylic acid groups (broad SMARTS) is 1. The molecule has 1 fully saturated rings. The lowest BCUT2D eigenvalue weighted by molar-refractivity contribution is -0.320. The Kier molecular flexibility index (Phi) is 7.36. The van der Waals surface area contributed by atoms with Crippen molar-refractivity contribution < 1.29 is 24.5 Å². The van der Waals surface area contributed by atoms with Crippen molar-refractivity contribution in [2.45, 2.75) is 71.8 Å². The second kappa shape index (κ2) is 9.68. The lowest BCUT2D eigenvalue weighted by Gasteiger charge is -2.37. The van der Waals surface area contributed by atoms with Crippen molar-refractivity contribution in [1.29, 1.82) is 0 Å². The quantitative estimate of drug-likeness (QED) is 0.677. The predicted molar refractivity (Wildman–Crippen MR) is 140 cm³/mol. The summed E-state index contributed by atoms with van der Waals surface area (Å²) < 4.78 is 5.63. The lowest BCUT2D eigenvalue weighted by atomic mass is 9.78. The summed E-state index contributed by atoms with van der Waals surface area (Å²) in [6.45, 7) is 17.5. The number of carboxylic acids is 1. The molecule has 0 atom stereocenters. The Morgan fingerprint density at radius 1 is 0.861 bits per heavy atom. The van der Waals surface area contributed by atoms with Gasteiger partial charge in [-0.1, -0.05) is 47.6 Å². The van der Waals surface area contributed by atoms with Crippen LogP contribution >= 0.6 is 0 Å². The second-order valence-corrected chi connectivity index (χ2v) is 12.1. The number of aliphatic carboxylic acids is 1. The molecule has 196 valence electrons. The van der Waals surface area contributed by atoms with Gasteiger partial charge in [0.05, 0.1) is 5.97 Å². The number of phenolic OH excluding ortho intramolecular Hbond substituents is 1. The van der Waals surface area contributed by atoms with Crippen molar-refractivity contribution in [2.75, 3.05) is 31.1 Å². The predicted octanol–water partition coefficient (Wildman–Crippen LogP) is 3.86. The maximum Gasteiger partial charge on any atom is 0.253 e. The van der Waals surface area contributed by atoms with Gasteiger partial charge in [-0.05, 0) is 48.9 Å². The summed E-state index contributed by atoms with van der Waals surface area (Å²) in [6.07, 6.45) is 0. The first kappa shape index (κ1) is 27.4. The van der Waals surface area contributed by atoms with Crippen molar-refractivity contribution in [3.05, 3.63) is 53.1 Å². The fraction of sp³-hybridized carbons (Fsp3) is 0.517. The molecule has 1 aliphatic rings. The van der Waals surface area contributed by atoms with Gasteiger partial charge in [-0.15, -0.1) is 0 Å². The van der Waals surface area contributed by atoms with Crippen LogP contribution in [0.3, 0.4) is 0 Å². The number of ether oxygens (including phenoxy) is 1. The van der Waals surface area contributed by atoms with Crippen LogP contribution < -0.4 is 14.7 Å². The summed E-state index contributed by atoms with van der Waals surface area (Å²) >= 11 is 0. The number of carbonyl (C=O) groups excluding carboxylic acids is 2. The monoisotopic (exact) mass is 495 g/mol. The number of phenols is 1. The Morgan fingerprint density at radius 3 is 1.86 bits per heavy atom. The third-order valence-corrected chi connectivity index (χ3v) is 6.59. The summed E-state index contributed by atoms with van der Waals surface area (Å²) in [5, 5.41) is 22.3. The van der Waals surface area contributed by atoms with Gasteiger partial charge in [-0.2, -0.15) is 0 Å². The van der Waals surface area contributed by atoms with Crippen LogP contribution in [0.5, 0.6) is 11.5 Å². The number of rotatable bonds is 5. The second-order valence-electron chi connectivity index (χ2n) is 12.1. The van der Waals surface area contributed by atoms with Crippen LogP contribution in [-0.4, -0.2) is 53.7 Å². The van der Waals surface area contributed by atoms with E-state index in [1.165, 1.54) is 13.8 Å². The number of anilines is 1. The zero-order valence-electron chi connectivity index (χ0n) is 22.8. The highest BCUT2D eigenvalue weighted by molar-refractivity contribution is 5.95. The number of amides is 1. The molecule has 0 radical (unpaired) electrons. The van der Waals surface area contributed by atoms with Crippen LogP contribution in [0.2, 0.25) is 0 Å². The van der Waals surface area contributed by atoms with Gasteiger partial charge in [0.2, 0.25) is 0 Å². The molecule has 1 N–H and O–H groups in total. The molecule has 1 aliphatic heterocycles. The molecule has 3 rings (SSSR count). The lowest BCUT2D eigenvalue weighted by Crippen LogP contribution is -2.49. The largest absolute Gasteiger partial charge is 0.546 e. The molecule has 1 amide bonds. The number of piperazine rings is 1. The van der Waals surface area contributed by atoms with E-state index >= 15 is 0 Å². The summed E-state index contributed by atoms with van der Waals surface area (Å²) in [4.78, 5) is 28.8. The zero-order valence-corrected chi connectivity index (χ0v) is 22.8. The minimum Gasteiger partial charge on any atom is -0.546 e. The van der Waals surface area contributed by atoms with Gasteiger partial charge in [0.15, 0.2) is 0 Å². The standard InChI is InChI=1S/C29H40N2O5/c1-27(2,3)22-16-19(17-23(24(22)32)28(4,5)6)25(33)31-14-12-30(13-15-31)20-10-9-11-21(18-20)36-29(7,8)26(34)35/h9-11,16-18,32H,12-15H2,1-8H3,(H,34,35)/p-1. The van der Waals surface area contributed by atoms with Gasteiger partial charge in [0.25, 0.3) is 5.91 Å². The smallest absolute Gasteiger partial charge is 0.253 e. The van der Waals surface area contributed by atoms with Crippen LogP contribution in [0, 0.1) is 0 Å². The van der Waals surface area contributed by atoms with E-state index in [9.17, 15) is 19.8 Å². The van der Waals surface area contributed by atoms with Crippen molar-refractivity contribution in [3.8, 4) is 11.5 Å². The highest BCUT2D eigenvalue weighted by Crippen LogP contribution is 2.40. The SMILES string of the molecule is CC(C)(Oc1cccc(N2CCN(C(=O)c3cc(C(C)(C)C)c(O)c(C(C)(C)C)c3)CC2)c1)C(=O)[O-]. The van der Waals surface area contributed by atoms with Crippen molar-refractivity contribution in [2.24, 2.45) is 0 Å². The molecule has 36 heavy (non-hydrogen) atoms. The highest BCUT2D eigenvalue weighted by atomic mass is 16.5. The number of nitrogens with zero attached hydrogens (tertiary/aromatic N) is 2. The first-order valence-electron chi connectivity index (χ1n) is 12.4. The van der Waals surface area contributed by atoms with Crippen molar-refractivity contribution >= 4 is 17.6 Å². The van der Waals surface area contributed by atoms with E-state index in [-0.39, 0.29) is 22.5 Å². The third kappa shape index (κ3) is 5.94. The Balaban J connectivity index is 1.78. The molecule has 2 aromatic carbocycles. The Morgan fingerprint density at radius 2 is 1.39 bits per heavy atom. The minimum atomic E-state index is -1.44. The topological polar surface area (TPSA) is 93.1 Å². The van der Waals surface area contributed by atoms with Crippen LogP contribution in [0.4, 0.5) is 5.69 Å². The maximum atomic E-state index is 13.5. The first-order chi connectivity index (χ1) is 16.5. The Bertz CT molecular complexity index is 1100. The summed E-state index contributed by atoms with van der Waals surface area (Å²) in [6, 6.07) is 11.0. The molecule has 0 unspecified atom stereocenters. The number of carbonyl (C=O) groups is 2. The van der Waals surface area contributed by atoms with E-state index in [4.69, 9.17) is 4.74 Å². The van der Waals surface area contributed by atoms with Gasteiger partial charge < -0.3 is 29.5 Å². The van der Waals surface area contributed by atoms with Gasteiger partial charge in [0, 0.05) is 54.6 Å². The molecule has 0 saturated carbocycles. The van der Waals surface area contributed by atoms with E-state index in [1.54, 1.807) is 6.07 Å². The summed E-state index contributed by atoms with van der Waals surface area (Å²) in [5.41, 5.74) is 0.987. The molecule has 0 bridgehead atoms. The van der Waals surface area contributed by atoms with Crippen LogP contribution in [0.15, 0.2) is 36.4 Å². The van der Waals surface area contributed by atoms with E-state index < -0.39 is 11.6 Å². The maximum absolute atomic E-state index is 13.5. The van der Waals surface area contributed by atoms with E-state index in [1.807, 2.05) is 76.8 Å². The van der Waals surface area contributed by atoms with E-state index in [0.717, 1.165) is 16.8 Å². The molecule has 1 heterocycles. The Hall–Kier alpha value is -3.22. The number of hydrogen-bond acceptors (Lipinski definition) is 6. The molecule has 0 aromatic heterocycles. The number of benzene rings is 2. The zero-order chi connectivity index (χ0) is 27.1. The van der Waals surface area contributed by atoms with E-state index in [0.29, 0.717) is 37.5 Å². The fourth-order valence-corrected chi connectivity index (χ4v) is 4.33. The van der Waals surface area contributed by atoms with Gasteiger partial charge >= 0.3 is 0 Å². The molecule has 7 heteroatoms. The molecule has 0 spiro atoms. The first-order valence-corrected chi connectivity index (χ1v) is 12.4. The van der Waals surface area contributed by atoms with Crippen LogP contribution in [-0.2, 0) is 15.6 Å². The number of aromatic hydroxyl groups is 1. The molecular weight excluding hydrogens is 456 g/mol. The fourth-order valence-electron chi connectivity index (χ4n) is 4.33. The van der Waals surface area contributed by atoms with Crippen molar-refractivity contribution in [1.82, 2.24) is 4.90 Å². The van der Waals surface area contributed by atoms with Crippen LogP contribution in [0.25, 0.3) is 0 Å². The molecule has 1 saturated heterocycles. The van der Waals surface area contributed by atoms with Crippen molar-refractivity contribution in [3.63, 3.8) is 0 Å². The minimum absolute atomic E-state index is 0.0431. The Labute approximate surface area is 214 Å². The average molecular weight is 496 g/mol. The summed E-state index contributed by atoms with van der Waals surface area (Å²) in [5.74, 6) is -0.606. The molecular formula is C29H39N2O5-. The molecule has 2 aromatic rings. The average Bonchev–Trinajstić information content (AvgIpc) is 2.77. The van der Waals surface area contributed by atoms with Crippen LogP contribution in [0.1, 0.15) is 76.9 Å². The summed E-state index contributed by atoms with van der Waals surface area (Å²) in [7, 11) is 0. The molecule has 0 aliphatic carbocycles. The van der Waals surface area contributed by atoms with E-state index in [2.05, 4.69) is 4.90 Å². The normalized spacial score (nSPS) is 15.1. The highest BCUT2D eigenvalue weighted by Gasteiger charge is 2.30. The molecule has 7 nitrogen and oxygen atoms in total. The number of hydrogen-bond donors (Lipinski definition) is 1. The van der Waals surface area contributed by atoms with Gasteiger partial charge in [-0.3, -0.25) is 4.79 Å².